The molecule has 0 aliphatic carbocycles. The Morgan fingerprint density at radius 3 is 2.49 bits per heavy atom. The zero-order chi connectivity index (χ0) is 27.0. The van der Waals surface area contributed by atoms with E-state index in [4.69, 9.17) is 20.6 Å². The number of fused-ring (bicyclic) bond motifs is 1. The fourth-order valence-corrected chi connectivity index (χ4v) is 3.38. The summed E-state index contributed by atoms with van der Waals surface area (Å²) >= 11 is 0. The van der Waals surface area contributed by atoms with E-state index in [1.807, 2.05) is 6.07 Å². The average molecular weight is 519 g/mol. The van der Waals surface area contributed by atoms with Gasteiger partial charge in [0.05, 0.1) is 5.56 Å². The van der Waals surface area contributed by atoms with Crippen LogP contribution in [0.15, 0.2) is 68.8 Å². The molecule has 10 nitrogen and oxygen atoms in total. The highest BCUT2D eigenvalue weighted by Gasteiger charge is 2.34. The first kappa shape index (κ1) is 27.0. The highest BCUT2D eigenvalue weighted by molar-refractivity contribution is 5.98. The second kappa shape index (κ2) is 11.9. The molecule has 196 valence electrons. The Labute approximate surface area is 208 Å². The number of carbonyl (C=O) groups is 2. The van der Waals surface area contributed by atoms with Gasteiger partial charge in [-0.2, -0.15) is 13.2 Å². The van der Waals surface area contributed by atoms with E-state index in [0.29, 0.717) is 12.5 Å². The van der Waals surface area contributed by atoms with Crippen LogP contribution < -0.4 is 27.7 Å². The second-order valence-corrected chi connectivity index (χ2v) is 7.88. The van der Waals surface area contributed by atoms with Gasteiger partial charge in [0.2, 0.25) is 5.91 Å². The third-order valence-corrected chi connectivity index (χ3v) is 5.08. The summed E-state index contributed by atoms with van der Waals surface area (Å²) in [5.41, 5.74) is 8.67. The van der Waals surface area contributed by atoms with Gasteiger partial charge in [-0.3, -0.25) is 9.79 Å². The molecule has 37 heavy (non-hydrogen) atoms. The smallest absolute Gasteiger partial charge is 0.417 e. The third kappa shape index (κ3) is 7.98. The van der Waals surface area contributed by atoms with E-state index in [-0.39, 0.29) is 42.2 Å². The number of halogens is 3. The molecule has 0 fully saturated rings. The quantitative estimate of drug-likeness (QED) is 0.146. The predicted octanol–water partition coefficient (Wildman–Crippen LogP) is 3.10. The second-order valence-electron chi connectivity index (χ2n) is 7.88. The van der Waals surface area contributed by atoms with Crippen LogP contribution in [0.25, 0.3) is 11.0 Å². The Morgan fingerprint density at radius 2 is 1.81 bits per heavy atom. The first-order valence-electron chi connectivity index (χ1n) is 11.0. The number of anilines is 1. The lowest BCUT2D eigenvalue weighted by molar-refractivity contribution is -0.136. The van der Waals surface area contributed by atoms with E-state index in [1.54, 1.807) is 24.3 Å². The van der Waals surface area contributed by atoms with Gasteiger partial charge in [0.15, 0.2) is 5.96 Å². The van der Waals surface area contributed by atoms with Gasteiger partial charge in [-0.15, -0.1) is 0 Å². The van der Waals surface area contributed by atoms with Crippen molar-refractivity contribution in [3.63, 3.8) is 0 Å². The number of nitrogens with zero attached hydrogens (tertiary/aromatic N) is 1. The summed E-state index contributed by atoms with van der Waals surface area (Å²) in [7, 11) is 0. The maximum Gasteiger partial charge on any atom is 0.417 e. The maximum atomic E-state index is 13.3. The number of ether oxygens (including phenoxy) is 1. The number of hydrogen-bond donors (Lipinski definition) is 4. The fourth-order valence-electron chi connectivity index (χ4n) is 3.38. The molecule has 0 radical (unpaired) electrons. The summed E-state index contributed by atoms with van der Waals surface area (Å²) in [6.07, 6.45) is -5.20. The molecule has 1 atom stereocenters. The van der Waals surface area contributed by atoms with Crippen LogP contribution in [0, 0.1) is 0 Å². The minimum atomic E-state index is -4.77. The van der Waals surface area contributed by atoms with Crippen molar-refractivity contribution in [3.8, 4) is 0 Å². The molecule has 0 saturated carbocycles. The summed E-state index contributed by atoms with van der Waals surface area (Å²) in [6, 6.07) is 11.5. The van der Waals surface area contributed by atoms with E-state index >= 15 is 0 Å². The van der Waals surface area contributed by atoms with Crippen molar-refractivity contribution >= 4 is 34.6 Å². The zero-order valence-electron chi connectivity index (χ0n) is 19.4. The van der Waals surface area contributed by atoms with Gasteiger partial charge < -0.3 is 31.3 Å². The van der Waals surface area contributed by atoms with E-state index in [1.165, 1.54) is 6.07 Å². The maximum absolute atomic E-state index is 13.3. The van der Waals surface area contributed by atoms with Crippen LogP contribution >= 0.6 is 0 Å². The lowest BCUT2D eigenvalue weighted by Gasteiger charge is -2.18. The Morgan fingerprint density at radius 1 is 1.08 bits per heavy atom. The first-order chi connectivity index (χ1) is 17.5. The molecular weight excluding hydrogens is 495 g/mol. The normalized spacial score (nSPS) is 12.0. The van der Waals surface area contributed by atoms with Gasteiger partial charge in [-0.05, 0) is 30.5 Å². The van der Waals surface area contributed by atoms with Crippen molar-refractivity contribution in [2.24, 2.45) is 16.5 Å². The van der Waals surface area contributed by atoms with Crippen LogP contribution in [-0.4, -0.2) is 30.5 Å². The summed E-state index contributed by atoms with van der Waals surface area (Å²) < 4.78 is 49.9. The zero-order valence-corrected chi connectivity index (χ0v) is 19.4. The summed E-state index contributed by atoms with van der Waals surface area (Å²) in [4.78, 5) is 40.7. The van der Waals surface area contributed by atoms with Crippen LogP contribution in [0.5, 0.6) is 0 Å². The number of hydrogen-bond acceptors (Lipinski definition) is 6. The lowest BCUT2D eigenvalue weighted by atomic mass is 10.1. The number of rotatable bonds is 9. The third-order valence-electron chi connectivity index (χ3n) is 5.08. The number of nitrogens with one attached hydrogen (secondary N) is 2. The van der Waals surface area contributed by atoms with Gasteiger partial charge in [0, 0.05) is 29.8 Å². The van der Waals surface area contributed by atoms with Crippen molar-refractivity contribution in [2.45, 2.75) is 31.7 Å². The molecule has 1 aromatic heterocycles. The van der Waals surface area contributed by atoms with Crippen molar-refractivity contribution in [2.75, 3.05) is 11.9 Å². The SMILES string of the molecule is NC(N)=NCCC[C@H](NC(=O)OCc1ccccc1)C(=O)Nc1ccc2c(C(F)(F)F)cc(=O)oc2c1. The van der Waals surface area contributed by atoms with Gasteiger partial charge in [-0.25, -0.2) is 9.59 Å². The highest BCUT2D eigenvalue weighted by Crippen LogP contribution is 2.34. The molecular formula is C24H24F3N5O5. The molecule has 2 aromatic carbocycles. The molecule has 6 N–H and O–H groups in total. The molecule has 3 rings (SSSR count). The number of alkyl halides is 3. The van der Waals surface area contributed by atoms with Crippen LogP contribution in [0.2, 0.25) is 0 Å². The fraction of sp³-hybridized carbons (Fsp3) is 0.250. The monoisotopic (exact) mass is 519 g/mol. The highest BCUT2D eigenvalue weighted by atomic mass is 19.4. The van der Waals surface area contributed by atoms with Crippen LogP contribution in [0.4, 0.5) is 23.7 Å². The number of nitrogens with two attached hydrogens (primary N) is 2. The van der Waals surface area contributed by atoms with Gasteiger partial charge in [0.1, 0.15) is 18.2 Å². The standard InChI is InChI=1S/C24H24F3N5O5/c25-24(26,27)17-12-20(33)37-19-11-15(8-9-16(17)19)31-21(34)18(7-4-10-30-22(28)29)32-23(35)36-13-14-5-2-1-3-6-14/h1-3,5-6,8-9,11-12,18H,4,7,10,13H2,(H,31,34)(H,32,35)(H4,28,29,30)/t18-/m0/s1. The molecule has 13 heteroatoms. The molecule has 1 heterocycles. The Bertz CT molecular complexity index is 1340. The summed E-state index contributed by atoms with van der Waals surface area (Å²) in [5.74, 6) is -0.817. The Hall–Kier alpha value is -4.55. The number of carbonyl (C=O) groups excluding carboxylic acids is 2. The predicted molar refractivity (Wildman–Crippen MR) is 130 cm³/mol. The van der Waals surface area contributed by atoms with Crippen LogP contribution in [0.1, 0.15) is 24.0 Å². The van der Waals surface area contributed by atoms with Gasteiger partial charge in [-0.1, -0.05) is 30.3 Å². The molecule has 0 spiro atoms. The minimum absolute atomic E-state index is 0.0275. The van der Waals surface area contributed by atoms with E-state index in [0.717, 1.165) is 17.7 Å². The Kier molecular flexibility index (Phi) is 8.72. The van der Waals surface area contributed by atoms with Crippen molar-refractivity contribution in [1.29, 1.82) is 0 Å². The molecule has 0 bridgehead atoms. The minimum Gasteiger partial charge on any atom is -0.445 e. The molecule has 0 aliphatic rings. The number of aliphatic imine (C=N–C) groups is 1. The van der Waals surface area contributed by atoms with Gasteiger partial charge in [0.25, 0.3) is 0 Å². The largest absolute Gasteiger partial charge is 0.445 e. The van der Waals surface area contributed by atoms with Crippen molar-refractivity contribution in [1.82, 2.24) is 5.32 Å². The van der Waals surface area contributed by atoms with Crippen molar-refractivity contribution < 1.29 is 31.9 Å². The lowest BCUT2D eigenvalue weighted by Crippen LogP contribution is -2.44. The number of alkyl carbamates (subject to hydrolysis) is 1. The van der Waals surface area contributed by atoms with E-state index in [9.17, 15) is 27.6 Å². The number of benzene rings is 2. The van der Waals surface area contributed by atoms with E-state index in [2.05, 4.69) is 15.6 Å². The first-order valence-corrected chi connectivity index (χ1v) is 11.0. The average Bonchev–Trinajstić information content (AvgIpc) is 2.83. The molecule has 3 aromatic rings. The molecule has 0 unspecified atom stereocenters. The van der Waals surface area contributed by atoms with Crippen LogP contribution in [0.3, 0.4) is 0 Å². The molecule has 2 amide bonds. The van der Waals surface area contributed by atoms with Crippen LogP contribution in [-0.2, 0) is 22.3 Å². The van der Waals surface area contributed by atoms with Gasteiger partial charge >= 0.3 is 17.9 Å². The van der Waals surface area contributed by atoms with E-state index < -0.39 is 35.4 Å². The topological polar surface area (TPSA) is 162 Å². The summed E-state index contributed by atoms with van der Waals surface area (Å²) in [6.45, 7) is 0.161. The number of amides is 2. The summed E-state index contributed by atoms with van der Waals surface area (Å²) in [5, 5.41) is 4.62. The number of guanidine groups is 1. The molecule has 0 aliphatic heterocycles. The molecule has 0 saturated heterocycles. The van der Waals surface area contributed by atoms with Crippen molar-refractivity contribution in [3.05, 3.63) is 76.1 Å². The Balaban J connectivity index is 1.74.